The van der Waals surface area contributed by atoms with Crippen molar-refractivity contribution in [2.75, 3.05) is 6.54 Å². The summed E-state index contributed by atoms with van der Waals surface area (Å²) >= 11 is 0. The van der Waals surface area contributed by atoms with Gasteiger partial charge < -0.3 is 16.4 Å². The largest absolute Gasteiger partial charge is 0.336 e. The molecule has 1 aliphatic rings. The van der Waals surface area contributed by atoms with E-state index in [1.807, 2.05) is 13.8 Å². The van der Waals surface area contributed by atoms with Gasteiger partial charge in [-0.3, -0.25) is 0 Å². The predicted molar refractivity (Wildman–Crippen MR) is 52.4 cm³/mol. The minimum atomic E-state index is -0.131. The second kappa shape index (κ2) is 3.96. The molecule has 76 valence electrons. The van der Waals surface area contributed by atoms with Gasteiger partial charge in [0.2, 0.25) is 0 Å². The van der Waals surface area contributed by atoms with Crippen molar-refractivity contribution in [2.45, 2.75) is 44.7 Å². The lowest BCUT2D eigenvalue weighted by molar-refractivity contribution is 0.216. The Labute approximate surface area is 79.3 Å². The van der Waals surface area contributed by atoms with Crippen LogP contribution in [0, 0.1) is 0 Å². The summed E-state index contributed by atoms with van der Waals surface area (Å²) in [5.41, 5.74) is 5.81. The van der Waals surface area contributed by atoms with E-state index < -0.39 is 0 Å². The van der Waals surface area contributed by atoms with E-state index in [4.69, 9.17) is 5.73 Å². The molecular formula is C9H19N3O. The summed E-state index contributed by atoms with van der Waals surface area (Å²) in [6, 6.07) is 0.0573. The van der Waals surface area contributed by atoms with Crippen molar-refractivity contribution in [1.82, 2.24) is 10.6 Å². The number of carbonyl (C=O) groups excluding carboxylic acids is 1. The van der Waals surface area contributed by atoms with E-state index in [0.717, 1.165) is 12.8 Å². The zero-order valence-electron chi connectivity index (χ0n) is 8.39. The van der Waals surface area contributed by atoms with Crippen LogP contribution in [0.3, 0.4) is 0 Å². The molecule has 1 fully saturated rings. The number of amides is 2. The Bertz CT molecular complexity index is 187. The number of urea groups is 1. The third-order valence-electron chi connectivity index (χ3n) is 2.37. The first-order chi connectivity index (χ1) is 6.02. The molecule has 13 heavy (non-hydrogen) atoms. The summed E-state index contributed by atoms with van der Waals surface area (Å²) in [7, 11) is 0. The number of hydrogen-bond acceptors (Lipinski definition) is 2. The van der Waals surface area contributed by atoms with Gasteiger partial charge in [0.25, 0.3) is 0 Å². The molecule has 0 aliphatic heterocycles. The van der Waals surface area contributed by atoms with Gasteiger partial charge in [0.05, 0.1) is 0 Å². The molecule has 0 unspecified atom stereocenters. The summed E-state index contributed by atoms with van der Waals surface area (Å²) in [6.07, 6.45) is 3.23. The summed E-state index contributed by atoms with van der Waals surface area (Å²) in [4.78, 5) is 11.2. The van der Waals surface area contributed by atoms with Gasteiger partial charge in [-0.1, -0.05) is 0 Å². The van der Waals surface area contributed by atoms with Gasteiger partial charge in [0, 0.05) is 18.1 Å². The van der Waals surface area contributed by atoms with E-state index in [9.17, 15) is 4.79 Å². The highest BCUT2D eigenvalue weighted by Gasteiger charge is 2.32. The van der Waals surface area contributed by atoms with Crippen molar-refractivity contribution in [3.05, 3.63) is 0 Å². The van der Waals surface area contributed by atoms with Crippen molar-refractivity contribution >= 4 is 6.03 Å². The molecule has 1 aliphatic carbocycles. The topological polar surface area (TPSA) is 67.2 Å². The zero-order valence-corrected chi connectivity index (χ0v) is 8.39. The SMILES string of the molecule is CC(C)NC(=O)NCC1(N)CCC1. The summed E-state index contributed by atoms with van der Waals surface area (Å²) in [6.45, 7) is 4.45. The van der Waals surface area contributed by atoms with E-state index in [1.165, 1.54) is 6.42 Å². The maximum atomic E-state index is 11.2. The van der Waals surface area contributed by atoms with E-state index in [2.05, 4.69) is 10.6 Å². The Hall–Kier alpha value is -0.770. The van der Waals surface area contributed by atoms with Gasteiger partial charge in [0.1, 0.15) is 0 Å². The Morgan fingerprint density at radius 1 is 1.54 bits per heavy atom. The molecule has 4 nitrogen and oxygen atoms in total. The fourth-order valence-electron chi connectivity index (χ4n) is 1.38. The molecule has 1 rings (SSSR count). The predicted octanol–water partition coefficient (Wildman–Crippen LogP) is 0.575. The third-order valence-corrected chi connectivity index (χ3v) is 2.37. The summed E-state index contributed by atoms with van der Waals surface area (Å²) in [5.74, 6) is 0. The number of carbonyl (C=O) groups is 1. The average molecular weight is 185 g/mol. The molecule has 0 aromatic rings. The van der Waals surface area contributed by atoms with Crippen LogP contribution in [0.25, 0.3) is 0 Å². The smallest absolute Gasteiger partial charge is 0.315 e. The van der Waals surface area contributed by atoms with Crippen LogP contribution in [-0.4, -0.2) is 24.2 Å². The number of nitrogens with two attached hydrogens (primary N) is 1. The molecule has 1 saturated carbocycles. The van der Waals surface area contributed by atoms with Gasteiger partial charge in [-0.25, -0.2) is 4.79 Å². The van der Waals surface area contributed by atoms with Gasteiger partial charge in [-0.2, -0.15) is 0 Å². The van der Waals surface area contributed by atoms with Gasteiger partial charge in [-0.05, 0) is 33.1 Å². The van der Waals surface area contributed by atoms with Gasteiger partial charge >= 0.3 is 6.03 Å². The van der Waals surface area contributed by atoms with Crippen LogP contribution in [0.2, 0.25) is 0 Å². The highest BCUT2D eigenvalue weighted by atomic mass is 16.2. The quantitative estimate of drug-likeness (QED) is 0.602. The average Bonchev–Trinajstić information content (AvgIpc) is 1.96. The molecule has 0 saturated heterocycles. The fourth-order valence-corrected chi connectivity index (χ4v) is 1.38. The molecule has 2 amide bonds. The van der Waals surface area contributed by atoms with E-state index in [-0.39, 0.29) is 17.6 Å². The monoisotopic (exact) mass is 185 g/mol. The Morgan fingerprint density at radius 2 is 2.15 bits per heavy atom. The second-order valence-electron chi connectivity index (χ2n) is 4.20. The maximum Gasteiger partial charge on any atom is 0.315 e. The van der Waals surface area contributed by atoms with Crippen molar-refractivity contribution < 1.29 is 4.79 Å². The summed E-state index contributed by atoms with van der Waals surface area (Å²) < 4.78 is 0. The first-order valence-electron chi connectivity index (χ1n) is 4.85. The van der Waals surface area contributed by atoms with Crippen molar-refractivity contribution in [2.24, 2.45) is 5.73 Å². The lowest BCUT2D eigenvalue weighted by Gasteiger charge is -2.38. The van der Waals surface area contributed by atoms with E-state index in [1.54, 1.807) is 0 Å². The van der Waals surface area contributed by atoms with Crippen LogP contribution in [0.5, 0.6) is 0 Å². The highest BCUT2D eigenvalue weighted by Crippen LogP contribution is 2.27. The van der Waals surface area contributed by atoms with Gasteiger partial charge in [0.15, 0.2) is 0 Å². The van der Waals surface area contributed by atoms with Crippen LogP contribution in [0.15, 0.2) is 0 Å². The van der Waals surface area contributed by atoms with Crippen LogP contribution < -0.4 is 16.4 Å². The number of rotatable bonds is 3. The van der Waals surface area contributed by atoms with Gasteiger partial charge in [-0.15, -0.1) is 0 Å². The first kappa shape index (κ1) is 10.3. The standard InChI is InChI=1S/C9H19N3O/c1-7(2)12-8(13)11-6-9(10)4-3-5-9/h7H,3-6,10H2,1-2H3,(H2,11,12,13). The van der Waals surface area contributed by atoms with Crippen molar-refractivity contribution in [3.8, 4) is 0 Å². The van der Waals surface area contributed by atoms with Crippen LogP contribution in [-0.2, 0) is 0 Å². The highest BCUT2D eigenvalue weighted by molar-refractivity contribution is 5.74. The minimum Gasteiger partial charge on any atom is -0.336 e. The molecule has 0 aromatic carbocycles. The van der Waals surface area contributed by atoms with Crippen LogP contribution in [0.4, 0.5) is 4.79 Å². The molecule has 0 atom stereocenters. The molecule has 4 heteroatoms. The van der Waals surface area contributed by atoms with Crippen molar-refractivity contribution in [1.29, 1.82) is 0 Å². The Morgan fingerprint density at radius 3 is 2.54 bits per heavy atom. The Balaban J connectivity index is 2.14. The number of hydrogen-bond donors (Lipinski definition) is 3. The van der Waals surface area contributed by atoms with Crippen LogP contribution >= 0.6 is 0 Å². The first-order valence-corrected chi connectivity index (χ1v) is 4.85. The lowest BCUT2D eigenvalue weighted by Crippen LogP contribution is -2.56. The normalized spacial score (nSPS) is 19.4. The lowest BCUT2D eigenvalue weighted by atomic mass is 9.78. The molecule has 0 radical (unpaired) electrons. The second-order valence-corrected chi connectivity index (χ2v) is 4.20. The molecular weight excluding hydrogens is 166 g/mol. The fraction of sp³-hybridized carbons (Fsp3) is 0.889. The summed E-state index contributed by atoms with van der Waals surface area (Å²) in [5, 5.41) is 5.54. The molecule has 0 spiro atoms. The van der Waals surface area contributed by atoms with Crippen LogP contribution in [0.1, 0.15) is 33.1 Å². The molecule has 4 N–H and O–H groups in total. The minimum absolute atomic E-state index is 0.119. The van der Waals surface area contributed by atoms with E-state index >= 15 is 0 Å². The zero-order chi connectivity index (χ0) is 9.90. The molecule has 0 aromatic heterocycles. The number of nitrogens with one attached hydrogen (secondary N) is 2. The maximum absolute atomic E-state index is 11.2. The molecule has 0 heterocycles. The third kappa shape index (κ3) is 3.22. The van der Waals surface area contributed by atoms with E-state index in [0.29, 0.717) is 6.54 Å². The Kier molecular flexibility index (Phi) is 3.14. The molecule has 0 bridgehead atoms. The van der Waals surface area contributed by atoms with Crippen molar-refractivity contribution in [3.63, 3.8) is 0 Å².